The number of aromatic nitrogens is 12. The number of rotatable bonds is 18. The van der Waals surface area contributed by atoms with E-state index in [2.05, 4.69) is 60.2 Å². The average molecular weight is 1060 g/mol. The van der Waals surface area contributed by atoms with E-state index >= 15 is 4.79 Å². The summed E-state index contributed by atoms with van der Waals surface area (Å²) in [4.78, 5) is 44.7. The first-order valence-electron chi connectivity index (χ1n) is 25.9. The molecule has 23 heteroatoms. The van der Waals surface area contributed by atoms with E-state index in [0.717, 1.165) is 79.7 Å². The summed E-state index contributed by atoms with van der Waals surface area (Å²) in [5.74, 6) is 3.62. The third kappa shape index (κ3) is 8.05. The molecular weight excluding hydrogens is 1000 g/mol. The number of aromatic amines is 2. The molecule has 0 saturated carbocycles. The smallest absolute Gasteiger partial charge is 0.212 e. The fourth-order valence-corrected chi connectivity index (χ4v) is 12.4. The number of piperazine rings is 2. The van der Waals surface area contributed by atoms with Gasteiger partial charge in [-0.2, -0.15) is 10.2 Å². The quantitative estimate of drug-likeness (QED) is 0.0923. The number of carbonyl (C=O) groups excluding carboxylic acids is 1. The molecule has 396 valence electrons. The molecule has 6 fully saturated rings. The van der Waals surface area contributed by atoms with Crippen molar-refractivity contribution in [1.82, 2.24) is 69.4 Å². The second-order valence-electron chi connectivity index (χ2n) is 20.2. The van der Waals surface area contributed by atoms with Crippen LogP contribution < -0.4 is 28.7 Å². The highest BCUT2D eigenvalue weighted by Gasteiger charge is 2.55. The van der Waals surface area contributed by atoms with Gasteiger partial charge in [-0.15, -0.1) is 10.2 Å². The van der Waals surface area contributed by atoms with Gasteiger partial charge in [-0.3, -0.25) is 24.8 Å². The maximum absolute atomic E-state index is 16.0. The third-order valence-electron chi connectivity index (χ3n) is 15.9. The van der Waals surface area contributed by atoms with E-state index in [1.165, 1.54) is 0 Å². The minimum Gasteiger partial charge on any atom is -0.489 e. The number of alkyl halides is 2. The van der Waals surface area contributed by atoms with Gasteiger partial charge in [0.15, 0.2) is 17.1 Å². The topological polar surface area (TPSA) is 210 Å². The Morgan fingerprint density at radius 1 is 0.590 bits per heavy atom. The number of carbonyl (C=O) groups is 1. The van der Waals surface area contributed by atoms with E-state index in [0.29, 0.717) is 60.7 Å². The highest BCUT2D eigenvalue weighted by Crippen LogP contribution is 2.48. The van der Waals surface area contributed by atoms with Gasteiger partial charge in [-0.05, 0) is 60.4 Å². The van der Waals surface area contributed by atoms with Crippen LogP contribution in [0.1, 0.15) is 36.1 Å². The van der Waals surface area contributed by atoms with E-state index in [4.69, 9.17) is 28.9 Å². The van der Waals surface area contributed by atoms with Crippen LogP contribution in [0, 0.1) is 0 Å². The summed E-state index contributed by atoms with van der Waals surface area (Å²) in [7, 11) is 3.17. The highest BCUT2D eigenvalue weighted by atomic mass is 19.1. The lowest BCUT2D eigenvalue weighted by Gasteiger charge is -2.61. The molecule has 0 radical (unpaired) electrons. The van der Waals surface area contributed by atoms with E-state index < -0.39 is 25.4 Å². The van der Waals surface area contributed by atoms with Crippen molar-refractivity contribution in [2.75, 3.05) is 76.8 Å². The Bertz CT molecular complexity index is 3560. The van der Waals surface area contributed by atoms with Crippen molar-refractivity contribution < 1.29 is 32.5 Å². The summed E-state index contributed by atoms with van der Waals surface area (Å²) < 4.78 is 52.3. The summed E-state index contributed by atoms with van der Waals surface area (Å²) >= 11 is 0. The molecule has 10 aromatic heterocycles. The van der Waals surface area contributed by atoms with Crippen molar-refractivity contribution in [1.29, 1.82) is 0 Å². The Labute approximate surface area is 443 Å². The molecule has 78 heavy (non-hydrogen) atoms. The molecule has 0 aromatic carbocycles. The van der Waals surface area contributed by atoms with Crippen LogP contribution in [-0.4, -0.2) is 166 Å². The van der Waals surface area contributed by atoms with Crippen LogP contribution in [-0.2, 0) is 4.79 Å². The first-order chi connectivity index (χ1) is 38.3. The SMILES string of the molecule is COc1ccc(C(C(=O)C(c2ccc(OC)nc2)N2C3CC2CN(c2ccc(-c4cc(OCCF)cn5nc6[nH]ncc6c45)cn2)C3)N2C3CC2CN(c2ccc(-c4cc(OCCF)cn5nc6[nH]ncc6c45)cn2)C3)cn1. The summed E-state index contributed by atoms with van der Waals surface area (Å²) in [6, 6.07) is 18.4. The normalized spacial score (nSPS) is 20.0. The molecule has 16 heterocycles. The second kappa shape index (κ2) is 19.3. The maximum Gasteiger partial charge on any atom is 0.212 e. The summed E-state index contributed by atoms with van der Waals surface area (Å²) in [6.45, 7) is 1.28. The fourth-order valence-electron chi connectivity index (χ4n) is 12.4. The van der Waals surface area contributed by atoms with Crippen molar-refractivity contribution >= 4 is 50.5 Å². The molecule has 4 bridgehead atoms. The zero-order valence-electron chi connectivity index (χ0n) is 42.5. The van der Waals surface area contributed by atoms with Gasteiger partial charge in [0.25, 0.3) is 0 Å². The number of hydrogen-bond donors (Lipinski definition) is 2. The van der Waals surface area contributed by atoms with Gasteiger partial charge >= 0.3 is 0 Å². The number of anilines is 2. The number of ketones is 1. The number of ether oxygens (including phenoxy) is 4. The zero-order valence-corrected chi connectivity index (χ0v) is 42.5. The average Bonchev–Trinajstić information content (AvgIpc) is 4.38. The minimum absolute atomic E-state index is 0.0439. The van der Waals surface area contributed by atoms with Crippen LogP contribution in [0.4, 0.5) is 20.4 Å². The van der Waals surface area contributed by atoms with Crippen molar-refractivity contribution in [2.24, 2.45) is 0 Å². The molecule has 6 aliphatic rings. The number of piperidine rings is 2. The Hall–Kier alpha value is -8.83. The van der Waals surface area contributed by atoms with Crippen LogP contribution in [0.2, 0.25) is 0 Å². The number of fused-ring (bicyclic) bond motifs is 10. The molecule has 6 aliphatic heterocycles. The van der Waals surface area contributed by atoms with Crippen LogP contribution in [0.3, 0.4) is 0 Å². The molecule has 10 aromatic rings. The van der Waals surface area contributed by atoms with Crippen molar-refractivity contribution in [2.45, 2.75) is 49.1 Å². The number of halogens is 2. The van der Waals surface area contributed by atoms with Crippen LogP contribution >= 0.6 is 0 Å². The number of methoxy groups -OCH3 is 2. The van der Waals surface area contributed by atoms with E-state index in [9.17, 15) is 8.78 Å². The first kappa shape index (κ1) is 47.6. The lowest BCUT2D eigenvalue weighted by molar-refractivity contribution is -0.147. The molecule has 16 rings (SSSR count). The van der Waals surface area contributed by atoms with E-state index in [-0.39, 0.29) is 43.2 Å². The number of hydrogen-bond acceptors (Lipinski definition) is 17. The van der Waals surface area contributed by atoms with Gasteiger partial charge < -0.3 is 28.7 Å². The highest BCUT2D eigenvalue weighted by molar-refractivity contribution is 6.02. The fraction of sp³-hybridized carbons (Fsp3) is 0.327. The van der Waals surface area contributed by atoms with Gasteiger partial charge in [0.05, 0.1) is 72.9 Å². The lowest BCUT2D eigenvalue weighted by Crippen LogP contribution is -2.72. The second-order valence-corrected chi connectivity index (χ2v) is 20.2. The van der Waals surface area contributed by atoms with Gasteiger partial charge in [-0.25, -0.2) is 37.7 Å². The molecular formula is C55H52F2N16O5. The number of H-pyrrole nitrogens is 2. The summed E-state index contributed by atoms with van der Waals surface area (Å²) in [5, 5.41) is 25.2. The predicted molar refractivity (Wildman–Crippen MR) is 284 cm³/mol. The molecule has 21 nitrogen and oxygen atoms in total. The molecule has 6 unspecified atom stereocenters. The standard InChI is InChI=1S/C55H52F2N16O5/c1-75-47-9-5-33(21-60-47)49(72-35-15-36(72)26-68(25-35)45-7-3-31(19-58-45)41-17-39(77-13-11-56)29-70-51(41)43-23-62-64-54(43)66-70)53(74)50(34-6-10-48(76-2)61-22-34)73-37-16-38(73)28-69(27-37)46-8-4-32(20-59-46)42-18-40(78-14-12-57)30-71-52(42)44-24-63-65-55(44)67-71/h3-10,17-24,29-30,35-38,49-50H,11-16,25-28H2,1-2H3,(H,64,66)(H,65,67). The van der Waals surface area contributed by atoms with Crippen molar-refractivity contribution in [3.63, 3.8) is 0 Å². The summed E-state index contributed by atoms with van der Waals surface area (Å²) in [5.41, 5.74) is 7.88. The number of pyridine rings is 6. The predicted octanol–water partition coefficient (Wildman–Crippen LogP) is 6.64. The number of nitrogens with zero attached hydrogens (tertiary/aromatic N) is 14. The monoisotopic (exact) mass is 1050 g/mol. The number of Topliss-reactive ketones (excluding diaryl/α,β-unsaturated/α-hetero) is 1. The van der Waals surface area contributed by atoms with Crippen LogP contribution in [0.15, 0.2) is 110 Å². The molecule has 0 amide bonds. The van der Waals surface area contributed by atoms with Crippen LogP contribution in [0.25, 0.3) is 55.4 Å². The lowest BCUT2D eigenvalue weighted by atomic mass is 9.78. The Morgan fingerprint density at radius 2 is 1.04 bits per heavy atom. The third-order valence-corrected chi connectivity index (χ3v) is 15.9. The summed E-state index contributed by atoms with van der Waals surface area (Å²) in [6.07, 6.45) is 16.1. The Morgan fingerprint density at radius 3 is 1.41 bits per heavy atom. The van der Waals surface area contributed by atoms with Gasteiger partial charge in [0.2, 0.25) is 11.8 Å². The van der Waals surface area contributed by atoms with E-state index in [1.807, 2.05) is 73.1 Å². The van der Waals surface area contributed by atoms with Crippen molar-refractivity contribution in [3.8, 4) is 45.5 Å². The van der Waals surface area contributed by atoms with E-state index in [1.54, 1.807) is 60.4 Å². The molecule has 2 N–H and O–H groups in total. The Balaban J connectivity index is 0.736. The minimum atomic E-state index is -0.625. The van der Waals surface area contributed by atoms with Crippen molar-refractivity contribution in [3.05, 3.63) is 121 Å². The first-order valence-corrected chi connectivity index (χ1v) is 25.9. The molecule has 6 atom stereocenters. The zero-order chi connectivity index (χ0) is 52.6. The number of nitrogens with one attached hydrogen (secondary N) is 2. The molecule has 0 aliphatic carbocycles. The molecule has 6 saturated heterocycles. The van der Waals surface area contributed by atoms with Crippen LogP contribution in [0.5, 0.6) is 23.3 Å². The van der Waals surface area contributed by atoms with Gasteiger partial charge in [0.1, 0.15) is 49.7 Å². The Kier molecular flexibility index (Phi) is 11.8. The van der Waals surface area contributed by atoms with Gasteiger partial charge in [-0.1, -0.05) is 12.1 Å². The van der Waals surface area contributed by atoms with Gasteiger partial charge in [0, 0.05) is 110 Å². The maximum atomic E-state index is 16.0. The molecule has 0 spiro atoms. The largest absolute Gasteiger partial charge is 0.489 e.